The molecule has 0 N–H and O–H groups in total. The van der Waals surface area contributed by atoms with Crippen molar-refractivity contribution in [3.8, 4) is 17.6 Å². The molecule has 3 rings (SSSR count). The summed E-state index contributed by atoms with van der Waals surface area (Å²) in [6.07, 6.45) is 13.4. The average molecular weight is 550 g/mol. The molecule has 0 aliphatic carbocycles. The van der Waals surface area contributed by atoms with Crippen molar-refractivity contribution >= 4 is 24.4 Å². The SMILES string of the molecule is CCCCCCCCCCCC(=O)C1(S)CC(C)(C)c2cc(C#Cc3ccc(C(=O)OCC)cn3)ccc2O1. The molecule has 0 saturated carbocycles. The Kier molecular flexibility index (Phi) is 11.5. The lowest BCUT2D eigenvalue weighted by molar-refractivity contribution is -0.129. The Bertz CT molecular complexity index is 1180. The van der Waals surface area contributed by atoms with Crippen LogP contribution in [0.4, 0.5) is 0 Å². The zero-order valence-corrected chi connectivity index (χ0v) is 24.9. The minimum Gasteiger partial charge on any atom is -0.469 e. The minimum absolute atomic E-state index is 0.0636. The molecule has 2 heterocycles. The van der Waals surface area contributed by atoms with Gasteiger partial charge in [0, 0.05) is 30.2 Å². The monoisotopic (exact) mass is 549 g/mol. The highest BCUT2D eigenvalue weighted by atomic mass is 32.1. The van der Waals surface area contributed by atoms with Gasteiger partial charge in [0.25, 0.3) is 0 Å². The maximum atomic E-state index is 13.2. The smallest absolute Gasteiger partial charge is 0.339 e. The zero-order valence-electron chi connectivity index (χ0n) is 24.0. The van der Waals surface area contributed by atoms with Crippen LogP contribution >= 0.6 is 12.6 Å². The van der Waals surface area contributed by atoms with Crippen LogP contribution in [-0.4, -0.2) is 28.3 Å². The molecule has 1 aliphatic heterocycles. The van der Waals surface area contributed by atoms with Gasteiger partial charge < -0.3 is 9.47 Å². The first kappa shape index (κ1) is 30.8. The first-order valence-electron chi connectivity index (χ1n) is 14.4. The Morgan fingerprint density at radius 1 is 0.974 bits per heavy atom. The zero-order chi connectivity index (χ0) is 28.3. The number of carbonyl (C=O) groups is 2. The van der Waals surface area contributed by atoms with Gasteiger partial charge in [-0.3, -0.25) is 4.79 Å². The van der Waals surface area contributed by atoms with E-state index in [-0.39, 0.29) is 11.2 Å². The van der Waals surface area contributed by atoms with Gasteiger partial charge in [0.15, 0.2) is 5.78 Å². The van der Waals surface area contributed by atoms with Crippen molar-refractivity contribution in [2.75, 3.05) is 6.61 Å². The Balaban J connectivity index is 1.58. The van der Waals surface area contributed by atoms with Crippen LogP contribution in [0.5, 0.6) is 5.75 Å². The van der Waals surface area contributed by atoms with Crippen LogP contribution < -0.4 is 4.74 Å². The molecule has 5 nitrogen and oxygen atoms in total. The summed E-state index contributed by atoms with van der Waals surface area (Å²) in [6, 6.07) is 9.16. The normalized spacial score (nSPS) is 17.4. The number of benzene rings is 1. The second kappa shape index (κ2) is 14.6. The predicted octanol–water partition coefficient (Wildman–Crippen LogP) is 7.83. The molecule has 0 bridgehead atoms. The highest BCUT2D eigenvalue weighted by molar-refractivity contribution is 7.82. The summed E-state index contributed by atoms with van der Waals surface area (Å²) in [6.45, 7) is 8.57. The van der Waals surface area contributed by atoms with Crippen molar-refractivity contribution in [1.29, 1.82) is 0 Å². The molecule has 2 aromatic rings. The molecule has 0 spiro atoms. The third kappa shape index (κ3) is 8.86. The second-order valence-electron chi connectivity index (χ2n) is 11.1. The first-order chi connectivity index (χ1) is 18.7. The Morgan fingerprint density at radius 3 is 2.31 bits per heavy atom. The number of esters is 1. The van der Waals surface area contributed by atoms with Gasteiger partial charge in [-0.2, -0.15) is 0 Å². The average Bonchev–Trinajstić information content (AvgIpc) is 2.91. The number of ketones is 1. The maximum Gasteiger partial charge on any atom is 0.339 e. The van der Waals surface area contributed by atoms with E-state index in [1.807, 2.05) is 18.2 Å². The molecule has 0 saturated heterocycles. The molecular weight excluding hydrogens is 506 g/mol. The van der Waals surface area contributed by atoms with Crippen LogP contribution in [0.25, 0.3) is 0 Å². The number of hydrogen-bond acceptors (Lipinski definition) is 6. The number of nitrogens with zero attached hydrogens (tertiary/aromatic N) is 1. The van der Waals surface area contributed by atoms with E-state index in [0.29, 0.717) is 36.5 Å². The van der Waals surface area contributed by atoms with Crippen molar-refractivity contribution in [2.45, 2.75) is 109 Å². The number of aromatic nitrogens is 1. The number of ether oxygens (including phenoxy) is 2. The number of hydrogen-bond donors (Lipinski definition) is 1. The molecule has 1 aromatic heterocycles. The number of Topliss-reactive ketones (excluding diaryl/α,β-unsaturated/α-hetero) is 1. The summed E-state index contributed by atoms with van der Waals surface area (Å²) in [4.78, 5) is 28.1. The van der Waals surface area contributed by atoms with Gasteiger partial charge in [-0.1, -0.05) is 78.1 Å². The first-order valence-corrected chi connectivity index (χ1v) is 14.9. The van der Waals surface area contributed by atoms with Gasteiger partial charge in [-0.25, -0.2) is 9.78 Å². The van der Waals surface area contributed by atoms with Gasteiger partial charge in [-0.05, 0) is 55.0 Å². The van der Waals surface area contributed by atoms with Gasteiger partial charge in [-0.15, -0.1) is 12.6 Å². The van der Waals surface area contributed by atoms with Crippen LogP contribution in [-0.2, 0) is 14.9 Å². The van der Waals surface area contributed by atoms with E-state index in [4.69, 9.17) is 22.1 Å². The summed E-state index contributed by atoms with van der Waals surface area (Å²) in [5.74, 6) is 6.56. The van der Waals surface area contributed by atoms with E-state index in [9.17, 15) is 9.59 Å². The summed E-state index contributed by atoms with van der Waals surface area (Å²) >= 11 is 4.78. The van der Waals surface area contributed by atoms with Crippen LogP contribution in [0.2, 0.25) is 0 Å². The van der Waals surface area contributed by atoms with Gasteiger partial charge in [0.05, 0.1) is 12.2 Å². The Hall–Kier alpha value is -2.78. The maximum absolute atomic E-state index is 13.2. The number of fused-ring (bicyclic) bond motifs is 1. The van der Waals surface area contributed by atoms with E-state index in [1.165, 1.54) is 51.1 Å². The van der Waals surface area contributed by atoms with E-state index in [1.54, 1.807) is 19.1 Å². The standard InChI is InChI=1S/C33H43NO4S/c1-5-7-8-9-10-11-12-13-14-15-30(35)33(39)24-32(3,4)28-22-25(17-21-29(28)38-33)16-19-27-20-18-26(23-34-27)31(36)37-6-2/h17-18,20-23,39H,5-15,24H2,1-4H3. The second-order valence-corrected chi connectivity index (χ2v) is 11.8. The third-order valence-electron chi connectivity index (χ3n) is 7.22. The highest BCUT2D eigenvalue weighted by Gasteiger charge is 2.47. The van der Waals surface area contributed by atoms with Gasteiger partial charge in [0.2, 0.25) is 4.93 Å². The lowest BCUT2D eigenvalue weighted by Gasteiger charge is -2.42. The van der Waals surface area contributed by atoms with E-state index in [2.05, 4.69) is 37.6 Å². The summed E-state index contributed by atoms with van der Waals surface area (Å²) in [5.41, 5.74) is 2.50. The fourth-order valence-electron chi connectivity index (χ4n) is 5.02. The molecule has 210 valence electrons. The quantitative estimate of drug-likeness (QED) is 0.119. The molecule has 1 aliphatic rings. The number of thiol groups is 1. The lowest BCUT2D eigenvalue weighted by atomic mass is 9.75. The molecule has 0 radical (unpaired) electrons. The summed E-state index contributed by atoms with van der Waals surface area (Å²) in [7, 11) is 0. The molecule has 6 heteroatoms. The third-order valence-corrected chi connectivity index (χ3v) is 7.72. The van der Waals surface area contributed by atoms with Crippen molar-refractivity contribution in [3.63, 3.8) is 0 Å². The molecule has 0 fully saturated rings. The summed E-state index contributed by atoms with van der Waals surface area (Å²) in [5, 5.41) is 0. The molecule has 1 aromatic carbocycles. The fourth-order valence-corrected chi connectivity index (χ4v) is 5.63. The van der Waals surface area contributed by atoms with E-state index >= 15 is 0 Å². The predicted molar refractivity (Wildman–Crippen MR) is 159 cm³/mol. The van der Waals surface area contributed by atoms with Gasteiger partial charge in [0.1, 0.15) is 11.4 Å². The molecule has 1 unspecified atom stereocenters. The lowest BCUT2D eigenvalue weighted by Crippen LogP contribution is -2.47. The Labute approximate surface area is 239 Å². The number of rotatable bonds is 13. The minimum atomic E-state index is -1.12. The fraction of sp³-hybridized carbons (Fsp3) is 0.545. The molecular formula is C33H43NO4S. The van der Waals surface area contributed by atoms with Crippen LogP contribution in [0.15, 0.2) is 36.5 Å². The van der Waals surface area contributed by atoms with Crippen molar-refractivity contribution in [1.82, 2.24) is 4.98 Å². The molecule has 39 heavy (non-hydrogen) atoms. The summed E-state index contributed by atoms with van der Waals surface area (Å²) < 4.78 is 11.2. The topological polar surface area (TPSA) is 65.5 Å². The van der Waals surface area contributed by atoms with Crippen LogP contribution in [0.3, 0.4) is 0 Å². The largest absolute Gasteiger partial charge is 0.469 e. The number of unbranched alkanes of at least 4 members (excludes halogenated alkanes) is 8. The highest BCUT2D eigenvalue weighted by Crippen LogP contribution is 2.47. The number of pyridine rings is 1. The van der Waals surface area contributed by atoms with E-state index < -0.39 is 10.9 Å². The van der Waals surface area contributed by atoms with E-state index in [0.717, 1.165) is 24.0 Å². The van der Waals surface area contributed by atoms with Crippen LogP contribution in [0, 0.1) is 11.8 Å². The van der Waals surface area contributed by atoms with Crippen molar-refractivity contribution in [3.05, 3.63) is 58.9 Å². The van der Waals surface area contributed by atoms with Crippen LogP contribution in [0.1, 0.15) is 126 Å². The Morgan fingerprint density at radius 2 is 1.67 bits per heavy atom. The molecule has 0 amide bonds. The van der Waals surface area contributed by atoms with Gasteiger partial charge >= 0.3 is 5.97 Å². The van der Waals surface area contributed by atoms with Crippen molar-refractivity contribution in [2.24, 2.45) is 0 Å². The van der Waals surface area contributed by atoms with Crippen molar-refractivity contribution < 1.29 is 19.1 Å². The number of carbonyl (C=O) groups excluding carboxylic acids is 2. The molecule has 1 atom stereocenters.